The van der Waals surface area contributed by atoms with E-state index in [2.05, 4.69) is 20.0 Å². The molecule has 0 radical (unpaired) electrons. The van der Waals surface area contributed by atoms with Gasteiger partial charge in [-0.05, 0) is 0 Å². The summed E-state index contributed by atoms with van der Waals surface area (Å²) in [5.41, 5.74) is 0. The molecule has 7 heteroatoms. The molecular weight excluding hydrogens is 203 g/mol. The van der Waals surface area contributed by atoms with Crippen LogP contribution in [0.15, 0.2) is 0 Å². The molecule has 78 valence electrons. The van der Waals surface area contributed by atoms with Crippen molar-refractivity contribution in [1.82, 2.24) is 0 Å². The molecular formula is C5H17O5PS. The van der Waals surface area contributed by atoms with Gasteiger partial charge in [-0.2, -0.15) is 8.42 Å². The Balaban J connectivity index is 0. The molecule has 0 aliphatic heterocycles. The topological polar surface area (TPSA) is 94.8 Å². The second-order valence-electron chi connectivity index (χ2n) is 3.48. The molecule has 0 bridgehead atoms. The van der Waals surface area contributed by atoms with Crippen molar-refractivity contribution in [3.05, 3.63) is 0 Å². The number of hydrogen-bond donors (Lipinski definition) is 3. The average molecular weight is 220 g/mol. The molecule has 0 aromatic carbocycles. The summed E-state index contributed by atoms with van der Waals surface area (Å²) >= 11 is 0. The molecule has 0 heterocycles. The van der Waals surface area contributed by atoms with Gasteiger partial charge in [0, 0.05) is 0 Å². The van der Waals surface area contributed by atoms with Crippen molar-refractivity contribution in [2.75, 3.05) is 32.8 Å². The van der Waals surface area contributed by atoms with E-state index in [0.717, 1.165) is 6.16 Å². The van der Waals surface area contributed by atoms with Crippen LogP contribution in [-0.2, 0) is 10.4 Å². The Morgan fingerprint density at radius 2 is 1.42 bits per heavy atom. The molecule has 0 unspecified atom stereocenters. The molecule has 3 N–H and O–H groups in total. The van der Waals surface area contributed by atoms with Crippen molar-refractivity contribution in [3.63, 3.8) is 0 Å². The van der Waals surface area contributed by atoms with Crippen LogP contribution in [0.1, 0.15) is 0 Å². The molecule has 0 spiro atoms. The van der Waals surface area contributed by atoms with Gasteiger partial charge in [-0.3, -0.25) is 9.11 Å². The summed E-state index contributed by atoms with van der Waals surface area (Å²) in [5.74, 6) is 0. The maximum Gasteiger partial charge on any atom is 0.394 e. The molecule has 0 saturated heterocycles. The van der Waals surface area contributed by atoms with E-state index in [0.29, 0.717) is 6.61 Å². The van der Waals surface area contributed by atoms with Crippen LogP contribution < -0.4 is 0 Å². The zero-order valence-electron chi connectivity index (χ0n) is 7.48. The molecule has 0 aliphatic rings. The van der Waals surface area contributed by atoms with E-state index in [1.807, 2.05) is 0 Å². The Hall–Kier alpha value is 0.260. The largest absolute Gasteiger partial charge is 0.394 e. The number of aliphatic hydroxyl groups is 1. The first-order valence-electron chi connectivity index (χ1n) is 3.37. The van der Waals surface area contributed by atoms with Gasteiger partial charge in [-0.1, -0.05) is 0 Å². The predicted octanol–water partition coefficient (Wildman–Crippen LogP) is -0.0348. The van der Waals surface area contributed by atoms with Crippen LogP contribution in [0.2, 0.25) is 0 Å². The monoisotopic (exact) mass is 220 g/mol. The Labute approximate surface area is 73.7 Å². The fourth-order valence-corrected chi connectivity index (χ4v) is 1.01. The normalized spacial score (nSPS) is 13.2. The molecule has 0 aromatic rings. The van der Waals surface area contributed by atoms with Crippen LogP contribution in [0.3, 0.4) is 0 Å². The Morgan fingerprint density at radius 1 is 1.17 bits per heavy atom. The minimum Gasteiger partial charge on any atom is -0.264 e. The van der Waals surface area contributed by atoms with Gasteiger partial charge in [0.25, 0.3) is 0 Å². The third-order valence-electron chi connectivity index (χ3n) is 0.862. The minimum atomic E-state index is -4.67. The predicted molar refractivity (Wildman–Crippen MR) is 52.2 cm³/mol. The summed E-state index contributed by atoms with van der Waals surface area (Å²) in [6.07, 6.45) is 1.03. The van der Waals surface area contributed by atoms with E-state index in [-0.39, 0.29) is 0 Å². The van der Waals surface area contributed by atoms with Crippen LogP contribution in [0.5, 0.6) is 0 Å². The molecule has 5 nitrogen and oxygen atoms in total. The summed E-state index contributed by atoms with van der Waals surface area (Å²) < 4.78 is 31.6. The van der Waals surface area contributed by atoms with Gasteiger partial charge in [0.2, 0.25) is 0 Å². The molecule has 12 heavy (non-hydrogen) atoms. The van der Waals surface area contributed by atoms with E-state index >= 15 is 0 Å². The smallest absolute Gasteiger partial charge is 0.264 e. The van der Waals surface area contributed by atoms with Gasteiger partial charge in [0.15, 0.2) is 0 Å². The van der Waals surface area contributed by atoms with Gasteiger partial charge in [-0.15, -0.1) is 0 Å². The second-order valence-corrected chi connectivity index (χ2v) is 10.00. The van der Waals surface area contributed by atoms with Gasteiger partial charge >= 0.3 is 55.5 Å². The zero-order valence-corrected chi connectivity index (χ0v) is 9.30. The maximum absolute atomic E-state index is 8.74. The van der Waals surface area contributed by atoms with Crippen molar-refractivity contribution in [3.8, 4) is 0 Å². The van der Waals surface area contributed by atoms with E-state index in [4.69, 9.17) is 22.6 Å². The average Bonchev–Trinajstić information content (AvgIpc) is 1.54. The first-order valence-corrected chi connectivity index (χ1v) is 8.47. The Bertz CT molecular complexity index is 184. The minimum absolute atomic E-state index is 0.371. The quantitative estimate of drug-likeness (QED) is 0.448. The molecule has 0 aromatic heterocycles. The summed E-state index contributed by atoms with van der Waals surface area (Å²) in [4.78, 5) is 0. The molecule has 0 amide bonds. The molecule has 0 atom stereocenters. The Kier molecular flexibility index (Phi) is 7.17. The van der Waals surface area contributed by atoms with E-state index < -0.39 is 17.7 Å². The van der Waals surface area contributed by atoms with E-state index in [1.165, 1.54) is 0 Å². The van der Waals surface area contributed by atoms with Crippen LogP contribution in [0.25, 0.3) is 0 Å². The van der Waals surface area contributed by atoms with Gasteiger partial charge in [0.1, 0.15) is 0 Å². The van der Waals surface area contributed by atoms with Gasteiger partial charge in [-0.25, -0.2) is 0 Å². The van der Waals surface area contributed by atoms with Crippen LogP contribution in [0, 0.1) is 0 Å². The van der Waals surface area contributed by atoms with Crippen molar-refractivity contribution >= 4 is 17.7 Å². The van der Waals surface area contributed by atoms with Crippen molar-refractivity contribution < 1.29 is 22.6 Å². The summed E-state index contributed by atoms with van der Waals surface area (Å²) in [6.45, 7) is 7.13. The first-order chi connectivity index (χ1) is 5.06. The fraction of sp³-hybridized carbons (Fsp3) is 1.00. The molecule has 0 rings (SSSR count). The van der Waals surface area contributed by atoms with Gasteiger partial charge in [0.05, 0.1) is 0 Å². The maximum atomic E-state index is 8.74. The molecule has 0 saturated carbocycles. The number of hydrogen-bond acceptors (Lipinski definition) is 3. The van der Waals surface area contributed by atoms with Crippen LogP contribution >= 0.6 is 7.26 Å². The summed E-state index contributed by atoms with van der Waals surface area (Å²) in [6, 6.07) is 0. The SMILES string of the molecule is C[PH](C)(C)CCO.O=S(=O)(O)O. The Morgan fingerprint density at radius 3 is 1.42 bits per heavy atom. The first kappa shape index (κ1) is 14.8. The summed E-state index contributed by atoms with van der Waals surface area (Å²) in [7, 11) is -5.57. The third kappa shape index (κ3) is 48.5. The zero-order chi connectivity index (χ0) is 10.4. The van der Waals surface area contributed by atoms with Crippen molar-refractivity contribution in [2.45, 2.75) is 0 Å². The molecule has 0 fully saturated rings. The number of rotatable bonds is 2. The second kappa shape index (κ2) is 5.83. The summed E-state index contributed by atoms with van der Waals surface area (Å²) in [5, 5.41) is 8.44. The van der Waals surface area contributed by atoms with Crippen LogP contribution in [-0.4, -0.2) is 55.4 Å². The fourth-order valence-electron chi connectivity index (χ4n) is 0.335. The van der Waals surface area contributed by atoms with Crippen LogP contribution in [0.4, 0.5) is 0 Å². The van der Waals surface area contributed by atoms with Crippen molar-refractivity contribution in [1.29, 1.82) is 0 Å². The van der Waals surface area contributed by atoms with E-state index in [1.54, 1.807) is 0 Å². The number of aliphatic hydroxyl groups excluding tert-OH is 1. The van der Waals surface area contributed by atoms with Crippen molar-refractivity contribution in [2.24, 2.45) is 0 Å². The van der Waals surface area contributed by atoms with E-state index in [9.17, 15) is 0 Å². The standard InChI is InChI=1S/C5H15OP.H2O4S/c1-7(2,3)5-4-6;1-5(2,3)4/h6-7H,4-5H2,1-3H3;(H2,1,2,3,4). The van der Waals surface area contributed by atoms with Gasteiger partial charge < -0.3 is 0 Å². The third-order valence-corrected chi connectivity index (χ3v) is 2.59. The molecule has 0 aliphatic carbocycles.